The van der Waals surface area contributed by atoms with E-state index in [1.165, 1.54) is 0 Å². The summed E-state index contributed by atoms with van der Waals surface area (Å²) in [5.41, 5.74) is 7.24. The minimum absolute atomic E-state index is 0.341. The lowest BCUT2D eigenvalue weighted by Gasteiger charge is -2.15. The molecule has 102 valence electrons. The third-order valence-electron chi connectivity index (χ3n) is 3.54. The highest BCUT2D eigenvalue weighted by Crippen LogP contribution is 2.36. The number of nitrogens with two attached hydrogens (primary N) is 1. The van der Waals surface area contributed by atoms with Gasteiger partial charge in [0.25, 0.3) is 5.91 Å². The number of fused-ring (bicyclic) bond motifs is 1. The molecule has 3 heteroatoms. The number of amides is 1. The number of carbonyl (C=O) groups is 1. The number of rotatable bonds is 6. The fourth-order valence-corrected chi connectivity index (χ4v) is 2.78. The lowest BCUT2D eigenvalue weighted by Crippen LogP contribution is -2.14. The molecule has 0 radical (unpaired) electrons. The van der Waals surface area contributed by atoms with E-state index in [0.717, 1.165) is 42.2 Å². The van der Waals surface area contributed by atoms with E-state index in [-0.39, 0.29) is 0 Å². The first-order chi connectivity index (χ1) is 9.19. The summed E-state index contributed by atoms with van der Waals surface area (Å²) in [5, 5.41) is 1.03. The Bertz CT molecular complexity index is 565. The highest BCUT2D eigenvalue weighted by molar-refractivity contribution is 5.98. The molecule has 0 unspecified atom stereocenters. The number of primary amides is 1. The summed E-state index contributed by atoms with van der Waals surface area (Å²) in [6, 6.07) is 7.79. The van der Waals surface area contributed by atoms with Gasteiger partial charge in [0, 0.05) is 10.9 Å². The molecule has 0 saturated heterocycles. The Morgan fingerprint density at radius 2 is 1.84 bits per heavy atom. The maximum atomic E-state index is 11.6. The zero-order valence-corrected chi connectivity index (χ0v) is 11.6. The van der Waals surface area contributed by atoms with Gasteiger partial charge in [-0.15, -0.1) is 0 Å². The van der Waals surface area contributed by atoms with Crippen molar-refractivity contribution >= 4 is 16.9 Å². The van der Waals surface area contributed by atoms with Crippen LogP contribution in [0.1, 0.15) is 61.6 Å². The highest BCUT2D eigenvalue weighted by Gasteiger charge is 2.24. The quantitative estimate of drug-likeness (QED) is 0.844. The zero-order chi connectivity index (χ0) is 13.8. The molecular formula is C16H21NO2. The van der Waals surface area contributed by atoms with Gasteiger partial charge in [0.2, 0.25) is 0 Å². The predicted molar refractivity (Wildman–Crippen MR) is 77.3 cm³/mol. The van der Waals surface area contributed by atoms with E-state index < -0.39 is 5.91 Å². The minimum Gasteiger partial charge on any atom is -0.451 e. The third-order valence-corrected chi connectivity index (χ3v) is 3.54. The summed E-state index contributed by atoms with van der Waals surface area (Å²) in [7, 11) is 0. The van der Waals surface area contributed by atoms with E-state index in [2.05, 4.69) is 13.8 Å². The summed E-state index contributed by atoms with van der Waals surface area (Å²) in [5.74, 6) is 0.220. The van der Waals surface area contributed by atoms with Crippen molar-refractivity contribution in [2.45, 2.75) is 45.4 Å². The van der Waals surface area contributed by atoms with Gasteiger partial charge in [0.15, 0.2) is 5.76 Å². The van der Waals surface area contributed by atoms with Crippen molar-refractivity contribution < 1.29 is 9.21 Å². The maximum Gasteiger partial charge on any atom is 0.284 e. The molecule has 0 aliphatic rings. The predicted octanol–water partition coefficient (Wildman–Crippen LogP) is 4.22. The molecule has 0 bridgehead atoms. The number of carbonyl (C=O) groups excluding carboxylic acids is 1. The van der Waals surface area contributed by atoms with E-state index in [0.29, 0.717) is 11.7 Å². The van der Waals surface area contributed by atoms with Crippen molar-refractivity contribution in [2.24, 2.45) is 5.73 Å². The fourth-order valence-electron chi connectivity index (χ4n) is 2.78. The Balaban J connectivity index is 2.59. The lowest BCUT2D eigenvalue weighted by atomic mass is 9.88. The molecule has 19 heavy (non-hydrogen) atoms. The number of hydrogen-bond acceptors (Lipinski definition) is 2. The molecule has 1 heterocycles. The molecule has 0 fully saturated rings. The van der Waals surface area contributed by atoms with Gasteiger partial charge >= 0.3 is 0 Å². The van der Waals surface area contributed by atoms with Crippen LogP contribution in [-0.4, -0.2) is 5.91 Å². The van der Waals surface area contributed by atoms with Gasteiger partial charge in [0.1, 0.15) is 5.58 Å². The Kier molecular flexibility index (Phi) is 4.25. The van der Waals surface area contributed by atoms with Crippen LogP contribution < -0.4 is 5.73 Å². The molecule has 2 rings (SSSR count). The van der Waals surface area contributed by atoms with E-state index in [1.54, 1.807) is 0 Å². The smallest absolute Gasteiger partial charge is 0.284 e. The second kappa shape index (κ2) is 5.91. The topological polar surface area (TPSA) is 56.2 Å². The Hall–Kier alpha value is -1.77. The van der Waals surface area contributed by atoms with Crippen LogP contribution in [0, 0.1) is 0 Å². The molecule has 0 atom stereocenters. The third kappa shape index (κ3) is 2.65. The Morgan fingerprint density at radius 3 is 2.42 bits per heavy atom. The van der Waals surface area contributed by atoms with Crippen molar-refractivity contribution in [2.75, 3.05) is 0 Å². The average molecular weight is 259 g/mol. The molecule has 2 aromatic rings. The summed E-state index contributed by atoms with van der Waals surface area (Å²) >= 11 is 0. The molecule has 0 spiro atoms. The van der Waals surface area contributed by atoms with Crippen molar-refractivity contribution in [1.82, 2.24) is 0 Å². The van der Waals surface area contributed by atoms with Crippen LogP contribution in [0.2, 0.25) is 0 Å². The van der Waals surface area contributed by atoms with Gasteiger partial charge in [-0.1, -0.05) is 44.9 Å². The van der Waals surface area contributed by atoms with E-state index >= 15 is 0 Å². The van der Waals surface area contributed by atoms with Crippen molar-refractivity contribution in [3.63, 3.8) is 0 Å². The molecular weight excluding hydrogens is 238 g/mol. The van der Waals surface area contributed by atoms with Gasteiger partial charge in [0.05, 0.1) is 0 Å². The standard InChI is InChI=1S/C16H21NO2/c1-3-7-11(8-4-2)14-12-9-5-6-10-13(12)19-15(14)16(17)18/h5-6,9-11H,3-4,7-8H2,1-2H3,(H2,17,18). The molecule has 0 saturated carbocycles. The van der Waals surface area contributed by atoms with Gasteiger partial charge in [-0.3, -0.25) is 4.79 Å². The number of benzene rings is 1. The monoisotopic (exact) mass is 259 g/mol. The molecule has 0 aliphatic heterocycles. The van der Waals surface area contributed by atoms with Gasteiger partial charge in [-0.2, -0.15) is 0 Å². The van der Waals surface area contributed by atoms with Crippen LogP contribution in [0.15, 0.2) is 28.7 Å². The second-order valence-electron chi connectivity index (χ2n) is 4.98. The van der Waals surface area contributed by atoms with Crippen LogP contribution in [0.4, 0.5) is 0 Å². The molecule has 1 aromatic heterocycles. The van der Waals surface area contributed by atoms with E-state index in [4.69, 9.17) is 10.2 Å². The van der Waals surface area contributed by atoms with Crippen LogP contribution in [-0.2, 0) is 0 Å². The van der Waals surface area contributed by atoms with Crippen LogP contribution in [0.25, 0.3) is 11.0 Å². The fraction of sp³-hybridized carbons (Fsp3) is 0.438. The molecule has 1 amide bonds. The maximum absolute atomic E-state index is 11.6. The number of furan rings is 1. The van der Waals surface area contributed by atoms with E-state index in [1.807, 2.05) is 24.3 Å². The normalized spacial score (nSPS) is 11.3. The number of para-hydroxylation sites is 1. The van der Waals surface area contributed by atoms with Crippen LogP contribution >= 0.6 is 0 Å². The molecule has 1 aromatic carbocycles. The van der Waals surface area contributed by atoms with E-state index in [9.17, 15) is 4.79 Å². The Labute approximate surface area is 113 Å². The summed E-state index contributed by atoms with van der Waals surface area (Å²) in [4.78, 5) is 11.6. The second-order valence-corrected chi connectivity index (χ2v) is 4.98. The largest absolute Gasteiger partial charge is 0.451 e. The first-order valence-electron chi connectivity index (χ1n) is 7.00. The van der Waals surface area contributed by atoms with Crippen LogP contribution in [0.5, 0.6) is 0 Å². The molecule has 2 N–H and O–H groups in total. The SMILES string of the molecule is CCCC(CCC)c1c(C(N)=O)oc2ccccc12. The first kappa shape index (κ1) is 13.7. The van der Waals surface area contributed by atoms with Gasteiger partial charge in [-0.25, -0.2) is 0 Å². The molecule has 0 aliphatic carbocycles. The minimum atomic E-state index is -0.469. The molecule has 3 nitrogen and oxygen atoms in total. The lowest BCUT2D eigenvalue weighted by molar-refractivity contribution is 0.0974. The van der Waals surface area contributed by atoms with Crippen molar-refractivity contribution in [1.29, 1.82) is 0 Å². The zero-order valence-electron chi connectivity index (χ0n) is 11.6. The van der Waals surface area contributed by atoms with Gasteiger partial charge in [-0.05, 0) is 24.8 Å². The van der Waals surface area contributed by atoms with Crippen molar-refractivity contribution in [3.8, 4) is 0 Å². The van der Waals surface area contributed by atoms with Crippen molar-refractivity contribution in [3.05, 3.63) is 35.6 Å². The number of hydrogen-bond donors (Lipinski definition) is 1. The highest BCUT2D eigenvalue weighted by atomic mass is 16.3. The Morgan fingerprint density at radius 1 is 1.21 bits per heavy atom. The van der Waals surface area contributed by atoms with Gasteiger partial charge < -0.3 is 10.2 Å². The van der Waals surface area contributed by atoms with Crippen LogP contribution in [0.3, 0.4) is 0 Å². The summed E-state index contributed by atoms with van der Waals surface area (Å²) < 4.78 is 5.66. The first-order valence-corrected chi connectivity index (χ1v) is 7.00. The summed E-state index contributed by atoms with van der Waals surface area (Å²) in [6.07, 6.45) is 4.28. The average Bonchev–Trinajstić information content (AvgIpc) is 2.78. The summed E-state index contributed by atoms with van der Waals surface area (Å²) in [6.45, 7) is 4.32.